The minimum absolute atomic E-state index is 0.0795. The molecule has 0 bridgehead atoms. The number of amides is 2. The van der Waals surface area contributed by atoms with E-state index in [4.69, 9.17) is 14.5 Å². The molecule has 1 fully saturated rings. The Morgan fingerprint density at radius 2 is 1.63 bits per heavy atom. The van der Waals surface area contributed by atoms with E-state index in [1.807, 2.05) is 66.5 Å². The molecule has 9 nitrogen and oxygen atoms in total. The predicted octanol–water partition coefficient (Wildman–Crippen LogP) is 6.05. The maximum atomic E-state index is 13.0. The molecule has 46 heavy (non-hydrogen) atoms. The number of hydrogen-bond donors (Lipinski definition) is 1. The Hall–Kier alpha value is -4.66. The fourth-order valence-electron chi connectivity index (χ4n) is 5.92. The summed E-state index contributed by atoms with van der Waals surface area (Å²) in [5, 5.41) is 2.88. The van der Waals surface area contributed by atoms with Crippen LogP contribution < -0.4 is 10.1 Å². The van der Waals surface area contributed by atoms with Crippen molar-refractivity contribution in [3.8, 4) is 5.75 Å². The number of carbonyl (C=O) groups excluding carboxylic acids is 3. The lowest BCUT2D eigenvalue weighted by Crippen LogP contribution is -2.47. The number of carbonyl (C=O) groups is 3. The number of nitrogens with zero attached hydrogens (tertiary/aromatic N) is 3. The normalized spacial score (nSPS) is 14.8. The van der Waals surface area contributed by atoms with Crippen molar-refractivity contribution < 1.29 is 23.9 Å². The highest BCUT2D eigenvalue weighted by Crippen LogP contribution is 2.30. The van der Waals surface area contributed by atoms with Crippen LogP contribution in [-0.4, -0.2) is 66.4 Å². The summed E-state index contributed by atoms with van der Waals surface area (Å²) in [5.74, 6) is 0.398. The highest BCUT2D eigenvalue weighted by Gasteiger charge is 2.25. The molecule has 0 saturated heterocycles. The first-order valence-corrected chi connectivity index (χ1v) is 16.4. The van der Waals surface area contributed by atoms with Crippen molar-refractivity contribution in [3.05, 3.63) is 95.6 Å². The monoisotopic (exact) mass is 624 g/mol. The predicted molar refractivity (Wildman–Crippen MR) is 178 cm³/mol. The molecule has 2 aliphatic rings. The number of ether oxygens (including phenoxy) is 2. The quantitative estimate of drug-likeness (QED) is 0.150. The van der Waals surface area contributed by atoms with Gasteiger partial charge >= 0.3 is 5.97 Å². The Balaban J connectivity index is 1.19. The van der Waals surface area contributed by atoms with Crippen molar-refractivity contribution in [1.29, 1.82) is 0 Å². The summed E-state index contributed by atoms with van der Waals surface area (Å²) < 4.78 is 11.6. The second-order valence-electron chi connectivity index (χ2n) is 12.0. The van der Waals surface area contributed by atoms with Gasteiger partial charge < -0.3 is 19.3 Å². The maximum Gasteiger partial charge on any atom is 0.325 e. The Morgan fingerprint density at radius 3 is 2.37 bits per heavy atom. The first kappa shape index (κ1) is 32.7. The van der Waals surface area contributed by atoms with E-state index in [9.17, 15) is 14.4 Å². The topological polar surface area (TPSA) is 101 Å². The van der Waals surface area contributed by atoms with Crippen molar-refractivity contribution in [3.63, 3.8) is 0 Å². The SMILES string of the molecule is CN(C(=O)CCCOc1ccc2c(c1)CN(CC(=O)OCCc1ccccc1)C(NC(=O)c1ccccc1)=N2)C1CCCCCC1. The lowest BCUT2D eigenvalue weighted by molar-refractivity contribution is -0.144. The summed E-state index contributed by atoms with van der Waals surface area (Å²) in [6.45, 7) is 0.929. The molecule has 0 atom stereocenters. The van der Waals surface area contributed by atoms with E-state index >= 15 is 0 Å². The molecular weight excluding hydrogens is 580 g/mol. The first-order valence-electron chi connectivity index (χ1n) is 16.4. The summed E-state index contributed by atoms with van der Waals surface area (Å²) in [4.78, 5) is 47.0. The highest BCUT2D eigenvalue weighted by atomic mass is 16.5. The maximum absolute atomic E-state index is 13.0. The molecule has 1 N–H and O–H groups in total. The number of aliphatic imine (C=N–C) groups is 1. The van der Waals surface area contributed by atoms with E-state index in [1.165, 1.54) is 25.7 Å². The van der Waals surface area contributed by atoms with Crippen LogP contribution >= 0.6 is 0 Å². The number of hydrogen-bond acceptors (Lipinski definition) is 7. The molecule has 0 spiro atoms. The first-order chi connectivity index (χ1) is 22.5. The third-order valence-electron chi connectivity index (χ3n) is 8.59. The van der Waals surface area contributed by atoms with Crippen LogP contribution in [0.25, 0.3) is 0 Å². The molecule has 1 aliphatic heterocycles. The van der Waals surface area contributed by atoms with Crippen molar-refractivity contribution in [2.75, 3.05) is 26.8 Å². The second kappa shape index (κ2) is 16.6. The van der Waals surface area contributed by atoms with Gasteiger partial charge in [-0.1, -0.05) is 74.2 Å². The molecule has 242 valence electrons. The van der Waals surface area contributed by atoms with Gasteiger partial charge in [-0.2, -0.15) is 0 Å². The van der Waals surface area contributed by atoms with Gasteiger partial charge in [-0.25, -0.2) is 4.99 Å². The van der Waals surface area contributed by atoms with Crippen LogP contribution in [0.5, 0.6) is 5.75 Å². The highest BCUT2D eigenvalue weighted by molar-refractivity contribution is 6.07. The van der Waals surface area contributed by atoms with Crippen LogP contribution in [0.15, 0.2) is 83.9 Å². The largest absolute Gasteiger partial charge is 0.494 e. The zero-order valence-corrected chi connectivity index (χ0v) is 26.7. The third-order valence-corrected chi connectivity index (χ3v) is 8.59. The van der Waals surface area contributed by atoms with Crippen molar-refractivity contribution in [1.82, 2.24) is 15.1 Å². The number of guanidine groups is 1. The Morgan fingerprint density at radius 1 is 0.913 bits per heavy atom. The average molecular weight is 625 g/mol. The zero-order chi connectivity index (χ0) is 32.1. The summed E-state index contributed by atoms with van der Waals surface area (Å²) in [5.41, 5.74) is 3.12. The van der Waals surface area contributed by atoms with E-state index < -0.39 is 5.97 Å². The van der Waals surface area contributed by atoms with E-state index in [0.717, 1.165) is 24.0 Å². The van der Waals surface area contributed by atoms with Gasteiger partial charge in [0.2, 0.25) is 11.9 Å². The lowest BCUT2D eigenvalue weighted by Gasteiger charge is -2.30. The molecule has 3 aromatic rings. The number of esters is 1. The number of rotatable bonds is 12. The van der Waals surface area contributed by atoms with Crippen LogP contribution in [-0.2, 0) is 27.3 Å². The molecule has 5 rings (SSSR count). The summed E-state index contributed by atoms with van der Waals surface area (Å²) in [7, 11) is 1.94. The summed E-state index contributed by atoms with van der Waals surface area (Å²) >= 11 is 0. The summed E-state index contributed by atoms with van der Waals surface area (Å²) in [6, 6.07) is 24.7. The van der Waals surface area contributed by atoms with Crippen LogP contribution in [0, 0.1) is 0 Å². The number of fused-ring (bicyclic) bond motifs is 1. The van der Waals surface area contributed by atoms with E-state index in [-0.39, 0.29) is 30.9 Å². The van der Waals surface area contributed by atoms with Gasteiger partial charge in [-0.15, -0.1) is 0 Å². The van der Waals surface area contributed by atoms with E-state index in [2.05, 4.69) is 5.32 Å². The van der Waals surface area contributed by atoms with Crippen LogP contribution in [0.4, 0.5) is 5.69 Å². The zero-order valence-electron chi connectivity index (χ0n) is 26.7. The fraction of sp³-hybridized carbons (Fsp3) is 0.405. The van der Waals surface area contributed by atoms with E-state index in [0.29, 0.717) is 55.5 Å². The number of benzene rings is 3. The van der Waals surface area contributed by atoms with Gasteiger partial charge in [0.1, 0.15) is 12.3 Å². The molecule has 0 unspecified atom stereocenters. The average Bonchev–Trinajstić information content (AvgIpc) is 3.37. The lowest BCUT2D eigenvalue weighted by atomic mass is 10.1. The Labute approximate surface area is 271 Å². The van der Waals surface area contributed by atoms with E-state index in [1.54, 1.807) is 29.2 Å². The standard InChI is InChI=1S/C37H44N4O5/c1-40(31-17-10-2-3-11-18-31)34(42)19-12-23-45-32-20-21-33-30(25-32)26-41(27-35(43)46-24-22-28-13-6-4-7-14-28)37(38-33)39-36(44)29-15-8-5-9-16-29/h4-9,13-16,20-21,25,31H,2-3,10-12,17-19,22-24,26-27H2,1H3,(H,38,39,44). The van der Waals surface area contributed by atoms with Gasteiger partial charge in [0.15, 0.2) is 0 Å². The van der Waals surface area contributed by atoms with Crippen molar-refractivity contribution in [2.45, 2.75) is 70.4 Å². The van der Waals surface area contributed by atoms with Gasteiger partial charge in [0.05, 0.1) is 18.9 Å². The minimum atomic E-state index is -0.410. The smallest absolute Gasteiger partial charge is 0.325 e. The van der Waals surface area contributed by atoms with Gasteiger partial charge in [0.25, 0.3) is 5.91 Å². The van der Waals surface area contributed by atoms with Crippen LogP contribution in [0.3, 0.4) is 0 Å². The molecule has 0 aromatic heterocycles. The third kappa shape index (κ3) is 9.42. The molecule has 3 aromatic carbocycles. The minimum Gasteiger partial charge on any atom is -0.494 e. The molecule has 1 heterocycles. The number of nitrogens with one attached hydrogen (secondary N) is 1. The van der Waals surface area contributed by atoms with Crippen LogP contribution in [0.1, 0.15) is 72.9 Å². The molecule has 1 aliphatic carbocycles. The van der Waals surface area contributed by atoms with Gasteiger partial charge in [0, 0.05) is 43.6 Å². The van der Waals surface area contributed by atoms with Crippen LogP contribution in [0.2, 0.25) is 0 Å². The second-order valence-corrected chi connectivity index (χ2v) is 12.0. The van der Waals surface area contributed by atoms with Crippen molar-refractivity contribution in [2.24, 2.45) is 4.99 Å². The van der Waals surface area contributed by atoms with Crippen molar-refractivity contribution >= 4 is 29.4 Å². The van der Waals surface area contributed by atoms with Gasteiger partial charge in [-0.05, 0) is 55.2 Å². The fourth-order valence-corrected chi connectivity index (χ4v) is 5.92. The Kier molecular flexibility index (Phi) is 11.8. The molecule has 9 heteroatoms. The molecule has 1 saturated carbocycles. The summed E-state index contributed by atoms with van der Waals surface area (Å²) in [6.07, 6.45) is 8.80. The Bertz CT molecular complexity index is 1490. The molecular formula is C37H44N4O5. The molecule has 2 amide bonds. The van der Waals surface area contributed by atoms with Gasteiger partial charge in [-0.3, -0.25) is 19.7 Å². The molecule has 0 radical (unpaired) electrons.